The van der Waals surface area contributed by atoms with Gasteiger partial charge in [-0.3, -0.25) is 52.9 Å². The quantitative estimate of drug-likeness (QED) is 0.0212. The first kappa shape index (κ1) is 66.2. The number of para-hydroxylation sites is 1. The molecule has 0 spiro atoms. The molecule has 29 heteroatoms. The summed E-state index contributed by atoms with van der Waals surface area (Å²) in [7, 11) is 1.87. The number of rotatable bonds is 38. The minimum Gasteiger partial charge on any atom is -0.454 e. The van der Waals surface area contributed by atoms with Gasteiger partial charge in [-0.25, -0.2) is 0 Å². The molecular weight excluding hydrogens is 1090 g/mol. The third-order valence-electron chi connectivity index (χ3n) is 12.4. The maximum atomic E-state index is 14.4. The van der Waals surface area contributed by atoms with Gasteiger partial charge in [-0.1, -0.05) is 46.7 Å². The number of nitrogens with two attached hydrogens (primary N) is 6. The van der Waals surface area contributed by atoms with Crippen molar-refractivity contribution in [2.75, 3.05) is 57.6 Å². The van der Waals surface area contributed by atoms with E-state index in [1.807, 2.05) is 0 Å². The Morgan fingerprint density at radius 3 is 1.49 bits per heavy atom. The van der Waals surface area contributed by atoms with Crippen LogP contribution in [0.1, 0.15) is 97.5 Å². The molecule has 0 unspecified atom stereocenters. The summed E-state index contributed by atoms with van der Waals surface area (Å²) in [5.41, 5.74) is 35.1. The Morgan fingerprint density at radius 2 is 1.00 bits per heavy atom. The molecule has 6 atom stereocenters. The SMILES string of the molecule is CCc1nc2ccccc2cc1C(=O)N[C@@H](CC(N)=O)C(=O)N[C@@H](CSSC[C@H](NC(=O)[C@H](CC(N)=O)NC(=O)c1ccc2c(c1)OCO2)C(=O)N[C@@H](CCCCN)C(=O)NCCCN)C(=O)N[C@@H](CCCCN)C(=O)NCCCN. The highest BCUT2D eigenvalue weighted by Crippen LogP contribution is 2.32. The number of pyridine rings is 1. The summed E-state index contributed by atoms with van der Waals surface area (Å²) in [6.07, 6.45) is 2.05. The molecule has 0 radical (unpaired) electrons. The highest BCUT2D eigenvalue weighted by atomic mass is 33.1. The highest BCUT2D eigenvalue weighted by Gasteiger charge is 2.34. The van der Waals surface area contributed by atoms with Gasteiger partial charge in [-0.15, -0.1) is 0 Å². The van der Waals surface area contributed by atoms with Crippen LogP contribution in [0.4, 0.5) is 0 Å². The van der Waals surface area contributed by atoms with Gasteiger partial charge in [0.2, 0.25) is 54.1 Å². The predicted octanol–water partition coefficient (Wildman–Crippen LogP) is -2.32. The summed E-state index contributed by atoms with van der Waals surface area (Å²) in [6.45, 7) is 3.31. The van der Waals surface area contributed by atoms with Gasteiger partial charge in [0.1, 0.15) is 36.3 Å². The van der Waals surface area contributed by atoms with Crippen LogP contribution in [0.2, 0.25) is 0 Å². The lowest BCUT2D eigenvalue weighted by atomic mass is 10.1. The zero-order valence-corrected chi connectivity index (χ0v) is 47.0. The van der Waals surface area contributed by atoms with Crippen molar-refractivity contribution in [3.63, 3.8) is 0 Å². The van der Waals surface area contributed by atoms with E-state index in [1.54, 1.807) is 37.3 Å². The van der Waals surface area contributed by atoms with Crippen molar-refractivity contribution in [1.82, 2.24) is 47.5 Å². The van der Waals surface area contributed by atoms with E-state index in [2.05, 4.69) is 47.5 Å². The molecule has 0 bridgehead atoms. The number of aromatic nitrogens is 1. The Balaban J connectivity index is 1.66. The van der Waals surface area contributed by atoms with Crippen LogP contribution in [0.25, 0.3) is 10.9 Å². The second-order valence-electron chi connectivity index (χ2n) is 18.7. The second kappa shape index (κ2) is 35.4. The molecule has 27 nitrogen and oxygen atoms in total. The fourth-order valence-electron chi connectivity index (χ4n) is 8.04. The molecule has 2 heterocycles. The van der Waals surface area contributed by atoms with Gasteiger partial charge >= 0.3 is 0 Å². The van der Waals surface area contributed by atoms with E-state index >= 15 is 0 Å². The summed E-state index contributed by atoms with van der Waals surface area (Å²) < 4.78 is 10.7. The molecule has 4 rings (SSSR count). The van der Waals surface area contributed by atoms with Gasteiger partial charge in [-0.05, 0) is 114 Å². The number of primary amides is 2. The summed E-state index contributed by atoms with van der Waals surface area (Å²) in [6, 6.07) is 4.48. The molecule has 3 aromatic rings. The molecule has 0 saturated heterocycles. The fraction of sp³-hybridized carbons (Fsp3) is 0.519. The van der Waals surface area contributed by atoms with Gasteiger partial charge in [0.25, 0.3) is 11.8 Å². The van der Waals surface area contributed by atoms with E-state index in [0.717, 1.165) is 21.6 Å². The number of benzene rings is 2. The molecule has 20 N–H and O–H groups in total. The lowest BCUT2D eigenvalue weighted by molar-refractivity contribution is -0.132. The Hall–Kier alpha value is -7.31. The molecule has 1 aliphatic heterocycles. The number of unbranched alkanes of at least 4 members (excludes halogenated alkanes) is 2. The molecule has 1 aromatic heterocycles. The van der Waals surface area contributed by atoms with Crippen LogP contribution in [0.15, 0.2) is 48.5 Å². The van der Waals surface area contributed by atoms with Crippen molar-refractivity contribution in [2.24, 2.45) is 34.4 Å². The van der Waals surface area contributed by atoms with Crippen molar-refractivity contribution in [2.45, 2.75) is 114 Å². The summed E-state index contributed by atoms with van der Waals surface area (Å²) in [4.78, 5) is 141. The number of ether oxygens (including phenoxy) is 2. The predicted molar refractivity (Wildman–Crippen MR) is 306 cm³/mol. The van der Waals surface area contributed by atoms with E-state index in [1.165, 1.54) is 18.2 Å². The largest absolute Gasteiger partial charge is 0.454 e. The van der Waals surface area contributed by atoms with Crippen LogP contribution in [0, 0.1) is 0 Å². The van der Waals surface area contributed by atoms with Crippen molar-refractivity contribution in [1.29, 1.82) is 0 Å². The molecule has 81 heavy (non-hydrogen) atoms. The third-order valence-corrected chi connectivity index (χ3v) is 14.8. The van der Waals surface area contributed by atoms with Crippen LogP contribution in [0.5, 0.6) is 11.5 Å². The Morgan fingerprint density at radius 1 is 0.531 bits per heavy atom. The summed E-state index contributed by atoms with van der Waals surface area (Å²) >= 11 is 0. The second-order valence-corrected chi connectivity index (χ2v) is 21.3. The zero-order chi connectivity index (χ0) is 59.3. The average molecular weight is 1170 g/mol. The number of nitrogens with one attached hydrogen (secondary N) is 8. The molecule has 0 saturated carbocycles. The molecule has 2 aromatic carbocycles. The Bertz CT molecular complexity index is 2650. The normalized spacial score (nSPS) is 13.7. The van der Waals surface area contributed by atoms with Crippen LogP contribution in [-0.2, 0) is 44.8 Å². The summed E-state index contributed by atoms with van der Waals surface area (Å²) in [5, 5.41) is 21.8. The molecule has 10 amide bonds. The molecule has 1 aliphatic rings. The first-order chi connectivity index (χ1) is 38.9. The standard InChI is InChI=1S/C52H77N15O12S2/c1-2-33-32(23-30-11-3-4-12-34(30)61-33)46(71)65-38(26-44(58)69)50(75)67-40(52(77)63-36(14-6-8-18-54)48(73)60-22-10-20-56)28-81-80-27-39(51(76)62-35(13-5-7-17-53)47(72)59-21-9-19-55)66-49(74)37(25-43(57)68)64-45(70)31-15-16-41-42(24-31)79-29-78-41/h3-4,11-12,15-16,23-24,35-40H,2,5-10,13-14,17-22,25-29,53-56H2,1H3,(H2,57,68)(H2,58,69)(H,59,72)(H,60,73)(H,62,76)(H,63,77)(H,64,70)(H,65,71)(H,66,74)(H,67,75)/t35-,36-,37-,38-,39-,40-/m0/s1. The van der Waals surface area contributed by atoms with Crippen LogP contribution in [0.3, 0.4) is 0 Å². The Labute approximate surface area is 477 Å². The van der Waals surface area contributed by atoms with Gasteiger partial charge < -0.3 is 86.4 Å². The van der Waals surface area contributed by atoms with E-state index in [-0.39, 0.29) is 74.2 Å². The minimum absolute atomic E-state index is 0.0414. The lowest BCUT2D eigenvalue weighted by Gasteiger charge is -2.26. The van der Waals surface area contributed by atoms with Crippen LogP contribution >= 0.6 is 21.6 Å². The molecule has 0 aliphatic carbocycles. The lowest BCUT2D eigenvalue weighted by Crippen LogP contribution is -2.58. The number of carbonyl (C=O) groups excluding carboxylic acids is 10. The highest BCUT2D eigenvalue weighted by molar-refractivity contribution is 8.76. The molecule has 444 valence electrons. The van der Waals surface area contributed by atoms with E-state index < -0.39 is 108 Å². The van der Waals surface area contributed by atoms with Crippen molar-refractivity contribution < 1.29 is 57.4 Å². The number of aryl methyl sites for hydroxylation is 1. The van der Waals surface area contributed by atoms with Crippen LogP contribution < -0.4 is 86.4 Å². The first-order valence-electron chi connectivity index (χ1n) is 26.7. The minimum atomic E-state index is -1.62. The van der Waals surface area contributed by atoms with Gasteiger partial charge in [-0.2, -0.15) is 0 Å². The molecular formula is C52H77N15O12S2. The number of nitrogens with zero attached hydrogens (tertiary/aromatic N) is 1. The number of fused-ring (bicyclic) bond motifs is 2. The molecule has 0 fully saturated rings. The van der Waals surface area contributed by atoms with E-state index in [9.17, 15) is 47.9 Å². The monoisotopic (exact) mass is 1170 g/mol. The Kier molecular flexibility index (Phi) is 29.0. The third kappa shape index (κ3) is 22.3. The number of carbonyl (C=O) groups is 10. The smallest absolute Gasteiger partial charge is 0.253 e. The summed E-state index contributed by atoms with van der Waals surface area (Å²) in [5.74, 6) is -8.24. The van der Waals surface area contributed by atoms with E-state index in [0.29, 0.717) is 80.4 Å². The van der Waals surface area contributed by atoms with Gasteiger partial charge in [0, 0.05) is 35.5 Å². The first-order valence-corrected chi connectivity index (χ1v) is 29.2. The van der Waals surface area contributed by atoms with E-state index in [4.69, 9.17) is 43.9 Å². The van der Waals surface area contributed by atoms with Gasteiger partial charge in [0.05, 0.1) is 29.6 Å². The zero-order valence-electron chi connectivity index (χ0n) is 45.4. The van der Waals surface area contributed by atoms with Gasteiger partial charge in [0.15, 0.2) is 11.5 Å². The van der Waals surface area contributed by atoms with Crippen molar-refractivity contribution in [3.05, 3.63) is 65.4 Å². The number of hydrogen-bond donors (Lipinski definition) is 14. The maximum Gasteiger partial charge on any atom is 0.253 e. The number of amides is 10. The van der Waals surface area contributed by atoms with Crippen molar-refractivity contribution >= 4 is 91.6 Å². The average Bonchev–Trinajstić information content (AvgIpc) is 3.92. The number of hydrogen-bond acceptors (Lipinski definition) is 19. The van der Waals surface area contributed by atoms with Crippen LogP contribution in [-0.4, -0.2) is 158 Å². The maximum absolute atomic E-state index is 14.4. The topological polar surface area (TPSA) is 454 Å². The fourth-order valence-corrected chi connectivity index (χ4v) is 10.4. The van der Waals surface area contributed by atoms with Crippen molar-refractivity contribution in [3.8, 4) is 11.5 Å².